The Morgan fingerprint density at radius 2 is 2.27 bits per heavy atom. The number of H-pyrrole nitrogens is 1. The number of carbonyl (C=O) groups is 1. The number of halogens is 3. The summed E-state index contributed by atoms with van der Waals surface area (Å²) in [4.78, 5) is 10.3. The van der Waals surface area contributed by atoms with Gasteiger partial charge >= 0.3 is 6.18 Å². The number of primary amides is 1. The Labute approximate surface area is 83.0 Å². The third-order valence-corrected chi connectivity index (χ3v) is 1.57. The number of alkyl halides is 3. The van der Waals surface area contributed by atoms with Crippen LogP contribution in [0.15, 0.2) is 12.3 Å². The number of hydrogen-bond donors (Lipinski definition) is 2. The van der Waals surface area contributed by atoms with E-state index in [0.717, 1.165) is 12.3 Å². The maximum absolute atomic E-state index is 12.3. The molecule has 1 aromatic rings. The van der Waals surface area contributed by atoms with E-state index in [1.807, 2.05) is 5.10 Å². The average Bonchev–Trinajstić information content (AvgIpc) is 2.50. The van der Waals surface area contributed by atoms with Crippen LogP contribution in [0.4, 0.5) is 13.2 Å². The second-order valence-corrected chi connectivity index (χ2v) is 2.77. The van der Waals surface area contributed by atoms with E-state index in [0.29, 0.717) is 0 Å². The molecule has 0 saturated carbocycles. The molecule has 1 heterocycles. The van der Waals surface area contributed by atoms with Gasteiger partial charge in [-0.1, -0.05) is 12.2 Å². The summed E-state index contributed by atoms with van der Waals surface area (Å²) in [5.41, 5.74) is 3.76. The van der Waals surface area contributed by atoms with E-state index in [-0.39, 0.29) is 12.0 Å². The molecule has 0 spiro atoms. The molecule has 82 valence electrons. The summed E-state index contributed by atoms with van der Waals surface area (Å²) in [5.74, 6) is -0.608. The van der Waals surface area contributed by atoms with Gasteiger partial charge in [-0.2, -0.15) is 18.3 Å². The van der Waals surface area contributed by atoms with Gasteiger partial charge in [0.25, 0.3) is 0 Å². The summed E-state index contributed by atoms with van der Waals surface area (Å²) in [6, 6.07) is 0. The van der Waals surface area contributed by atoms with E-state index < -0.39 is 17.8 Å². The highest BCUT2D eigenvalue weighted by atomic mass is 19.4. The van der Waals surface area contributed by atoms with Crippen LogP contribution >= 0.6 is 0 Å². The molecule has 0 bridgehead atoms. The fourth-order valence-corrected chi connectivity index (χ4v) is 0.951. The van der Waals surface area contributed by atoms with Crippen LogP contribution in [-0.2, 0) is 11.0 Å². The first-order valence-corrected chi connectivity index (χ1v) is 3.96. The first-order valence-electron chi connectivity index (χ1n) is 3.96. The number of nitrogens with zero attached hydrogens (tertiary/aromatic N) is 1. The van der Waals surface area contributed by atoms with Crippen molar-refractivity contribution in [3.05, 3.63) is 23.5 Å². The van der Waals surface area contributed by atoms with Gasteiger partial charge < -0.3 is 5.73 Å². The van der Waals surface area contributed by atoms with Crippen LogP contribution in [-0.4, -0.2) is 16.1 Å². The molecule has 4 nitrogen and oxygen atoms in total. The largest absolute Gasteiger partial charge is 0.433 e. The van der Waals surface area contributed by atoms with Crippen molar-refractivity contribution < 1.29 is 18.0 Å². The molecule has 0 radical (unpaired) electrons. The van der Waals surface area contributed by atoms with Gasteiger partial charge in [0, 0.05) is 12.0 Å². The molecule has 0 aromatic carbocycles. The third-order valence-electron chi connectivity index (χ3n) is 1.57. The van der Waals surface area contributed by atoms with Crippen LogP contribution in [0, 0.1) is 0 Å². The molecule has 0 aliphatic heterocycles. The highest BCUT2D eigenvalue weighted by Crippen LogP contribution is 2.30. The van der Waals surface area contributed by atoms with Crippen molar-refractivity contribution in [3.63, 3.8) is 0 Å². The van der Waals surface area contributed by atoms with E-state index in [9.17, 15) is 18.0 Å². The lowest BCUT2D eigenvalue weighted by molar-refractivity contribution is -0.141. The molecule has 0 aliphatic rings. The van der Waals surface area contributed by atoms with Crippen LogP contribution < -0.4 is 5.73 Å². The highest BCUT2D eigenvalue weighted by Gasteiger charge is 2.34. The number of hydrogen-bond acceptors (Lipinski definition) is 2. The third kappa shape index (κ3) is 3.12. The lowest BCUT2D eigenvalue weighted by Crippen LogP contribution is -2.08. The number of rotatable bonds is 3. The van der Waals surface area contributed by atoms with Crippen molar-refractivity contribution in [2.75, 3.05) is 0 Å². The average molecular weight is 219 g/mol. The predicted octanol–water partition coefficient (Wildman–Crippen LogP) is 1.32. The van der Waals surface area contributed by atoms with Gasteiger partial charge in [0.1, 0.15) is 5.69 Å². The Balaban J connectivity index is 2.83. The van der Waals surface area contributed by atoms with Crippen molar-refractivity contribution in [1.82, 2.24) is 10.2 Å². The Morgan fingerprint density at radius 3 is 2.80 bits per heavy atom. The second-order valence-electron chi connectivity index (χ2n) is 2.77. The topological polar surface area (TPSA) is 71.8 Å². The molecule has 1 aromatic heterocycles. The molecule has 0 atom stereocenters. The van der Waals surface area contributed by atoms with Crippen molar-refractivity contribution in [2.24, 2.45) is 5.73 Å². The monoisotopic (exact) mass is 219 g/mol. The molecular weight excluding hydrogens is 211 g/mol. The smallest absolute Gasteiger partial charge is 0.369 e. The summed E-state index contributed by atoms with van der Waals surface area (Å²) in [6.45, 7) is 0. The molecule has 0 aliphatic carbocycles. The van der Waals surface area contributed by atoms with E-state index in [4.69, 9.17) is 5.73 Å². The Hall–Kier alpha value is -1.79. The molecule has 15 heavy (non-hydrogen) atoms. The van der Waals surface area contributed by atoms with Crippen molar-refractivity contribution >= 4 is 12.0 Å². The zero-order chi connectivity index (χ0) is 11.5. The summed E-state index contributed by atoms with van der Waals surface area (Å²) < 4.78 is 36.8. The number of nitrogens with two attached hydrogens (primary N) is 1. The number of amides is 1. The van der Waals surface area contributed by atoms with Crippen molar-refractivity contribution in [1.29, 1.82) is 0 Å². The summed E-state index contributed by atoms with van der Waals surface area (Å²) in [7, 11) is 0. The lowest BCUT2D eigenvalue weighted by atomic mass is 10.2. The first-order chi connectivity index (χ1) is 6.91. The minimum atomic E-state index is -4.48. The number of aromatic amines is 1. The zero-order valence-electron chi connectivity index (χ0n) is 7.51. The van der Waals surface area contributed by atoms with Crippen LogP contribution in [0.25, 0.3) is 6.08 Å². The standard InChI is InChI=1S/C8H8F3N3O/c9-8(10,11)7-5(4-13-14-7)2-1-3-6(12)15/h1-2,4H,3H2,(H2,12,15)(H,13,14). The van der Waals surface area contributed by atoms with E-state index >= 15 is 0 Å². The van der Waals surface area contributed by atoms with Gasteiger partial charge in [-0.25, -0.2) is 0 Å². The summed E-state index contributed by atoms with van der Waals surface area (Å²) in [5, 5.41) is 5.12. The quantitative estimate of drug-likeness (QED) is 0.804. The number of carbonyl (C=O) groups excluding carboxylic acids is 1. The Bertz CT molecular complexity index is 381. The van der Waals surface area contributed by atoms with Crippen LogP contribution in [0.2, 0.25) is 0 Å². The minimum absolute atomic E-state index is 0.109. The maximum Gasteiger partial charge on any atom is 0.433 e. The highest BCUT2D eigenvalue weighted by molar-refractivity contribution is 5.76. The Kier molecular flexibility index (Phi) is 3.13. The van der Waals surface area contributed by atoms with Gasteiger partial charge in [-0.3, -0.25) is 9.89 Å². The molecule has 1 rings (SSSR count). The predicted molar refractivity (Wildman–Crippen MR) is 46.4 cm³/mol. The van der Waals surface area contributed by atoms with Crippen molar-refractivity contribution in [2.45, 2.75) is 12.6 Å². The maximum atomic E-state index is 12.3. The lowest BCUT2D eigenvalue weighted by Gasteiger charge is -2.03. The number of aromatic nitrogens is 2. The second kappa shape index (κ2) is 4.16. The molecule has 0 unspecified atom stereocenters. The SMILES string of the molecule is NC(=O)CC=Cc1cn[nH]c1C(F)(F)F. The van der Waals surface area contributed by atoms with Crippen molar-refractivity contribution in [3.8, 4) is 0 Å². The van der Waals surface area contributed by atoms with Gasteiger partial charge in [0.05, 0.1) is 6.20 Å². The number of nitrogens with one attached hydrogen (secondary N) is 1. The van der Waals surface area contributed by atoms with Crippen LogP contribution in [0.3, 0.4) is 0 Å². The molecular formula is C8H8F3N3O. The fourth-order valence-electron chi connectivity index (χ4n) is 0.951. The zero-order valence-corrected chi connectivity index (χ0v) is 7.51. The first kappa shape index (κ1) is 11.3. The normalized spacial score (nSPS) is 12.2. The van der Waals surface area contributed by atoms with Crippen LogP contribution in [0.1, 0.15) is 17.7 Å². The van der Waals surface area contributed by atoms with E-state index in [1.54, 1.807) is 0 Å². The molecule has 0 saturated heterocycles. The van der Waals surface area contributed by atoms with Crippen LogP contribution in [0.5, 0.6) is 0 Å². The molecule has 1 amide bonds. The fraction of sp³-hybridized carbons (Fsp3) is 0.250. The molecule has 7 heteroatoms. The Morgan fingerprint density at radius 1 is 1.60 bits per heavy atom. The van der Waals surface area contributed by atoms with Gasteiger partial charge in [0.15, 0.2) is 0 Å². The van der Waals surface area contributed by atoms with Gasteiger partial charge in [-0.05, 0) is 0 Å². The van der Waals surface area contributed by atoms with Gasteiger partial charge in [-0.15, -0.1) is 0 Å². The minimum Gasteiger partial charge on any atom is -0.369 e. The molecule has 0 fully saturated rings. The summed E-state index contributed by atoms with van der Waals surface area (Å²) >= 11 is 0. The van der Waals surface area contributed by atoms with E-state index in [1.165, 1.54) is 6.08 Å². The van der Waals surface area contributed by atoms with Gasteiger partial charge in [0.2, 0.25) is 5.91 Å². The van der Waals surface area contributed by atoms with E-state index in [2.05, 4.69) is 5.10 Å². The summed E-state index contributed by atoms with van der Waals surface area (Å²) in [6.07, 6.45) is -1.16. The molecule has 3 N–H and O–H groups in total.